The van der Waals surface area contributed by atoms with E-state index in [4.69, 9.17) is 18.9 Å². The average molecular weight is 705 g/mol. The van der Waals surface area contributed by atoms with Gasteiger partial charge in [0, 0.05) is 12.1 Å². The third-order valence-corrected chi connectivity index (χ3v) is 8.05. The van der Waals surface area contributed by atoms with Crippen molar-refractivity contribution in [1.82, 2.24) is 0 Å². The molecular weight excluding hydrogens is 676 g/mol. The molecule has 262 valence electrons. The van der Waals surface area contributed by atoms with Gasteiger partial charge in [0.2, 0.25) is 0 Å². The van der Waals surface area contributed by atoms with Gasteiger partial charge >= 0.3 is 35.8 Å². The minimum Gasteiger partial charge on any atom is -0.462 e. The zero-order valence-electron chi connectivity index (χ0n) is 27.7. The molecule has 0 atom stereocenters. The third-order valence-electron chi connectivity index (χ3n) is 8.05. The number of cyclic esters (lactones) is 4. The number of nitrogens with zero attached hydrogens (tertiary/aromatic N) is 2. The van der Waals surface area contributed by atoms with Gasteiger partial charge in [0.15, 0.2) is 0 Å². The number of ether oxygens (including phenoxy) is 4. The summed E-state index contributed by atoms with van der Waals surface area (Å²) in [6.07, 6.45) is 2.41. The van der Waals surface area contributed by atoms with E-state index in [0.717, 1.165) is 0 Å². The van der Waals surface area contributed by atoms with Crippen LogP contribution in [0, 0.1) is 10.1 Å². The van der Waals surface area contributed by atoms with Crippen LogP contribution < -0.4 is 4.90 Å². The number of nitro benzene ring substituents is 1. The smallest absolute Gasteiger partial charge is 0.349 e. The molecule has 0 fully saturated rings. The van der Waals surface area contributed by atoms with Crippen LogP contribution in [0.5, 0.6) is 0 Å². The number of hydrogen-bond donors (Lipinski definition) is 0. The van der Waals surface area contributed by atoms with Gasteiger partial charge in [0.05, 0.1) is 68.6 Å². The highest BCUT2D eigenvalue weighted by molar-refractivity contribution is 6.25. The van der Waals surface area contributed by atoms with Crippen molar-refractivity contribution in [3.05, 3.63) is 133 Å². The third kappa shape index (κ3) is 6.40. The average Bonchev–Trinajstić information content (AvgIpc) is 3.61. The van der Waals surface area contributed by atoms with Crippen molar-refractivity contribution in [2.75, 3.05) is 18.1 Å². The lowest BCUT2D eigenvalue weighted by molar-refractivity contribution is -0.384. The second kappa shape index (κ2) is 14.5. The van der Waals surface area contributed by atoms with Gasteiger partial charge in [0.1, 0.15) is 0 Å². The summed E-state index contributed by atoms with van der Waals surface area (Å²) in [5.74, 6) is -6.27. The number of carbonyl (C=O) groups excluding carboxylic acids is 6. The van der Waals surface area contributed by atoms with Crippen molar-refractivity contribution in [3.63, 3.8) is 0 Å². The molecule has 2 aliphatic heterocycles. The number of rotatable bonds is 12. The summed E-state index contributed by atoms with van der Waals surface area (Å²) in [5, 5.41) is 11.7. The summed E-state index contributed by atoms with van der Waals surface area (Å²) >= 11 is 0. The molecule has 14 heteroatoms. The number of hydrogen-bond acceptors (Lipinski definition) is 13. The Bertz CT molecular complexity index is 2110. The molecular formula is C38H28N2O12. The summed E-state index contributed by atoms with van der Waals surface area (Å²) in [7, 11) is 0. The van der Waals surface area contributed by atoms with Crippen molar-refractivity contribution in [1.29, 1.82) is 0 Å². The maximum Gasteiger partial charge on any atom is 0.349 e. The van der Waals surface area contributed by atoms with Gasteiger partial charge in [-0.3, -0.25) is 10.1 Å². The Kier molecular flexibility index (Phi) is 9.72. The molecule has 2 heterocycles. The monoisotopic (exact) mass is 704 g/mol. The minimum absolute atomic E-state index is 0.0243. The van der Waals surface area contributed by atoms with Crippen LogP contribution in [0.15, 0.2) is 78.9 Å². The summed E-state index contributed by atoms with van der Waals surface area (Å²) in [6.45, 7) is 3.45. The van der Waals surface area contributed by atoms with Crippen LogP contribution in [0.1, 0.15) is 100.0 Å². The van der Waals surface area contributed by atoms with Crippen LogP contribution in [0.3, 0.4) is 0 Å². The number of carbonyl (C=O) groups is 6. The van der Waals surface area contributed by atoms with Gasteiger partial charge in [-0.15, -0.1) is 0 Å². The molecule has 0 saturated heterocycles. The molecule has 0 amide bonds. The number of non-ortho nitro benzene ring substituents is 1. The van der Waals surface area contributed by atoms with E-state index in [1.165, 1.54) is 53.4 Å². The van der Waals surface area contributed by atoms with E-state index in [0.29, 0.717) is 18.4 Å². The van der Waals surface area contributed by atoms with Gasteiger partial charge in [-0.1, -0.05) is 44.2 Å². The highest BCUT2D eigenvalue weighted by Crippen LogP contribution is 2.47. The van der Waals surface area contributed by atoms with Crippen LogP contribution in [0.4, 0.5) is 17.1 Å². The van der Waals surface area contributed by atoms with Crippen molar-refractivity contribution in [2.24, 2.45) is 0 Å². The standard InChI is InChI=1S/C38H28N2O12/c1-3-18-49-33(41)26-16-14-24-29(37(45)51-35(24)43)31(26)39(28(20-21-8-6-5-7-9-21)22-10-12-23(13-11-22)40(47)48)32-27(34(42)50-19-4-2)17-15-25-30(32)38(46)52-36(25)44/h5-17,20H,3-4,18-19H2,1-2H3. The van der Waals surface area contributed by atoms with Crippen molar-refractivity contribution in [2.45, 2.75) is 26.7 Å². The van der Waals surface area contributed by atoms with E-state index < -0.39 is 51.9 Å². The van der Waals surface area contributed by atoms with Gasteiger partial charge in [-0.05, 0) is 66.4 Å². The minimum atomic E-state index is -1.16. The van der Waals surface area contributed by atoms with Crippen LogP contribution in [-0.4, -0.2) is 54.0 Å². The summed E-state index contributed by atoms with van der Waals surface area (Å²) in [5.41, 5.74) is -2.12. The van der Waals surface area contributed by atoms with Gasteiger partial charge in [-0.25, -0.2) is 28.8 Å². The van der Waals surface area contributed by atoms with Crippen LogP contribution in [0.25, 0.3) is 11.8 Å². The predicted octanol–water partition coefficient (Wildman–Crippen LogP) is 6.69. The van der Waals surface area contributed by atoms with E-state index in [-0.39, 0.29) is 63.8 Å². The van der Waals surface area contributed by atoms with E-state index in [1.807, 2.05) is 0 Å². The molecule has 2 aliphatic rings. The van der Waals surface area contributed by atoms with Gasteiger partial charge in [0.25, 0.3) is 5.69 Å². The number of fused-ring (bicyclic) bond motifs is 2. The van der Waals surface area contributed by atoms with E-state index in [1.54, 1.807) is 50.3 Å². The summed E-state index contributed by atoms with van der Waals surface area (Å²) in [6, 6.07) is 18.7. The Morgan fingerprint density at radius 1 is 0.692 bits per heavy atom. The molecule has 0 aliphatic carbocycles. The van der Waals surface area contributed by atoms with Gasteiger partial charge in [-0.2, -0.15) is 0 Å². The lowest BCUT2D eigenvalue weighted by Gasteiger charge is -2.33. The first kappa shape index (κ1) is 34.9. The first-order valence-corrected chi connectivity index (χ1v) is 16.1. The Hall–Kier alpha value is -6.96. The highest BCUT2D eigenvalue weighted by Gasteiger charge is 2.43. The Morgan fingerprint density at radius 2 is 1.17 bits per heavy atom. The molecule has 0 unspecified atom stereocenters. The second-order valence-electron chi connectivity index (χ2n) is 11.5. The molecule has 0 aromatic heterocycles. The molecule has 0 N–H and O–H groups in total. The molecule has 6 rings (SSSR count). The zero-order valence-corrected chi connectivity index (χ0v) is 27.7. The van der Waals surface area contributed by atoms with E-state index in [2.05, 4.69) is 0 Å². The highest BCUT2D eigenvalue weighted by atomic mass is 16.6. The van der Waals surface area contributed by atoms with Crippen molar-refractivity contribution >= 4 is 64.7 Å². The quantitative estimate of drug-likeness (QED) is 0.0380. The molecule has 0 saturated carbocycles. The van der Waals surface area contributed by atoms with Gasteiger partial charge < -0.3 is 23.8 Å². The number of nitro groups is 1. The van der Waals surface area contributed by atoms with E-state index >= 15 is 0 Å². The van der Waals surface area contributed by atoms with Crippen LogP contribution in [0.2, 0.25) is 0 Å². The Morgan fingerprint density at radius 3 is 1.62 bits per heavy atom. The summed E-state index contributed by atoms with van der Waals surface area (Å²) < 4.78 is 21.0. The fourth-order valence-electron chi connectivity index (χ4n) is 5.75. The van der Waals surface area contributed by atoms with Crippen molar-refractivity contribution in [3.8, 4) is 0 Å². The predicted molar refractivity (Wildman–Crippen MR) is 183 cm³/mol. The van der Waals surface area contributed by atoms with E-state index in [9.17, 15) is 38.9 Å². The zero-order chi connectivity index (χ0) is 37.1. The van der Waals surface area contributed by atoms with Crippen LogP contribution >= 0.6 is 0 Å². The molecule has 0 bridgehead atoms. The maximum atomic E-state index is 13.9. The molecule has 52 heavy (non-hydrogen) atoms. The number of benzene rings is 4. The second-order valence-corrected chi connectivity index (χ2v) is 11.5. The lowest BCUT2D eigenvalue weighted by atomic mass is 9.94. The largest absolute Gasteiger partial charge is 0.462 e. The number of esters is 6. The Labute approximate surface area is 295 Å². The topological polar surface area (TPSA) is 186 Å². The first-order valence-electron chi connectivity index (χ1n) is 16.1. The first-order chi connectivity index (χ1) is 25.0. The molecule has 4 aromatic rings. The summed E-state index contributed by atoms with van der Waals surface area (Å²) in [4.78, 5) is 93.2. The fraction of sp³-hybridized carbons (Fsp3) is 0.158. The normalized spacial score (nSPS) is 13.2. The Balaban J connectivity index is 1.82. The SMILES string of the molecule is CCCOC(=O)c1ccc2c(c1N(C(=Cc1ccccc1)c1ccc([N+](=O)[O-])cc1)c1c(C(=O)OCCC)ccc3c1C(=O)OC3=O)C(=O)OC2=O. The fourth-order valence-corrected chi connectivity index (χ4v) is 5.75. The maximum absolute atomic E-state index is 13.9. The van der Waals surface area contributed by atoms with Crippen molar-refractivity contribution < 1.29 is 52.6 Å². The lowest BCUT2D eigenvalue weighted by Crippen LogP contribution is -2.26. The van der Waals surface area contributed by atoms with Crippen LogP contribution in [-0.2, 0) is 18.9 Å². The molecule has 14 nitrogen and oxygen atoms in total. The molecule has 4 aromatic carbocycles. The number of anilines is 2. The molecule has 0 spiro atoms. The molecule has 0 radical (unpaired) electrons.